The van der Waals surface area contributed by atoms with Gasteiger partial charge in [0.05, 0.1) is 16.3 Å². The van der Waals surface area contributed by atoms with Crippen LogP contribution in [0.1, 0.15) is 23.7 Å². The molecule has 96 valence electrons. The van der Waals surface area contributed by atoms with Gasteiger partial charge >= 0.3 is 5.97 Å². The van der Waals surface area contributed by atoms with Crippen LogP contribution in [0.25, 0.3) is 0 Å². The van der Waals surface area contributed by atoms with E-state index in [1.807, 2.05) is 0 Å². The zero-order valence-corrected chi connectivity index (χ0v) is 11.1. The molecule has 0 heterocycles. The highest BCUT2D eigenvalue weighted by molar-refractivity contribution is 7.80. The first-order valence-corrected chi connectivity index (χ1v) is 5.86. The third kappa shape index (κ3) is 3.97. The number of hydrogen-bond donors (Lipinski definition) is 3. The third-order valence-corrected chi connectivity index (χ3v) is 2.57. The number of carbonyl (C=O) groups is 2. The normalized spacial score (nSPS) is 9.67. The molecule has 0 atom stereocenters. The van der Waals surface area contributed by atoms with Gasteiger partial charge in [0.1, 0.15) is 0 Å². The number of rotatable bonds is 3. The van der Waals surface area contributed by atoms with Crippen molar-refractivity contribution < 1.29 is 14.7 Å². The summed E-state index contributed by atoms with van der Waals surface area (Å²) in [4.78, 5) is 21.9. The lowest BCUT2D eigenvalue weighted by Crippen LogP contribution is -2.33. The van der Waals surface area contributed by atoms with Crippen molar-refractivity contribution in [1.29, 1.82) is 0 Å². The summed E-state index contributed by atoms with van der Waals surface area (Å²) >= 11 is 10.8. The van der Waals surface area contributed by atoms with Gasteiger partial charge < -0.3 is 15.7 Å². The number of hydrogen-bond acceptors (Lipinski definition) is 3. The van der Waals surface area contributed by atoms with Gasteiger partial charge in [-0.2, -0.15) is 0 Å². The van der Waals surface area contributed by atoms with Gasteiger partial charge in [0.25, 0.3) is 0 Å². The molecule has 1 aromatic carbocycles. The van der Waals surface area contributed by atoms with Crippen LogP contribution in [0.4, 0.5) is 5.69 Å². The summed E-state index contributed by atoms with van der Waals surface area (Å²) < 4.78 is 0. The Morgan fingerprint density at radius 1 is 1.44 bits per heavy atom. The van der Waals surface area contributed by atoms with Crippen LogP contribution < -0.4 is 10.6 Å². The zero-order valence-electron chi connectivity index (χ0n) is 9.49. The number of amides is 1. The summed E-state index contributed by atoms with van der Waals surface area (Å²) in [5.41, 5.74) is 0.407. The Hall–Kier alpha value is -1.66. The van der Waals surface area contributed by atoms with Crippen molar-refractivity contribution in [2.75, 3.05) is 5.32 Å². The number of thiocarbonyl (C=S) groups is 1. The van der Waals surface area contributed by atoms with Gasteiger partial charge in [0.2, 0.25) is 5.91 Å². The Morgan fingerprint density at radius 2 is 2.11 bits per heavy atom. The van der Waals surface area contributed by atoms with E-state index in [-0.39, 0.29) is 16.6 Å². The minimum absolute atomic E-state index is 0.0753. The second-order valence-corrected chi connectivity index (χ2v) is 4.17. The Kier molecular flexibility index (Phi) is 5.06. The molecule has 0 unspecified atom stereocenters. The number of carboxylic acids is 1. The first-order valence-electron chi connectivity index (χ1n) is 5.07. The smallest absolute Gasteiger partial charge is 0.335 e. The number of halogens is 1. The number of nitrogens with one attached hydrogen (secondary N) is 2. The molecular formula is C11H11ClN2O3S. The van der Waals surface area contributed by atoms with Gasteiger partial charge in [-0.1, -0.05) is 18.5 Å². The quantitative estimate of drug-likeness (QED) is 0.743. The highest BCUT2D eigenvalue weighted by Gasteiger charge is 2.09. The molecule has 0 saturated heterocycles. The summed E-state index contributed by atoms with van der Waals surface area (Å²) in [6.45, 7) is 1.69. The Bertz CT molecular complexity index is 505. The topological polar surface area (TPSA) is 78.4 Å². The summed E-state index contributed by atoms with van der Waals surface area (Å²) in [5, 5.41) is 14.3. The second kappa shape index (κ2) is 6.32. The van der Waals surface area contributed by atoms with E-state index in [1.165, 1.54) is 18.2 Å². The monoisotopic (exact) mass is 286 g/mol. The van der Waals surface area contributed by atoms with Crippen LogP contribution in [0.5, 0.6) is 0 Å². The molecule has 0 spiro atoms. The fourth-order valence-corrected chi connectivity index (χ4v) is 1.51. The van der Waals surface area contributed by atoms with E-state index in [2.05, 4.69) is 10.6 Å². The van der Waals surface area contributed by atoms with Crippen molar-refractivity contribution >= 4 is 46.5 Å². The summed E-state index contributed by atoms with van der Waals surface area (Å²) in [7, 11) is 0. The van der Waals surface area contributed by atoms with E-state index in [0.29, 0.717) is 17.1 Å². The maximum absolute atomic E-state index is 11.1. The molecule has 18 heavy (non-hydrogen) atoms. The lowest BCUT2D eigenvalue weighted by Gasteiger charge is -2.10. The maximum Gasteiger partial charge on any atom is 0.335 e. The highest BCUT2D eigenvalue weighted by atomic mass is 35.5. The molecule has 1 rings (SSSR count). The number of carboxylic acid groups (broad SMARTS) is 1. The van der Waals surface area contributed by atoms with E-state index in [0.717, 1.165) is 0 Å². The lowest BCUT2D eigenvalue weighted by atomic mass is 10.2. The van der Waals surface area contributed by atoms with Gasteiger partial charge in [0, 0.05) is 6.42 Å². The van der Waals surface area contributed by atoms with Crippen LogP contribution in [0.15, 0.2) is 18.2 Å². The third-order valence-electron chi connectivity index (χ3n) is 2.04. The van der Waals surface area contributed by atoms with Crippen molar-refractivity contribution in [3.8, 4) is 0 Å². The van der Waals surface area contributed by atoms with Crippen LogP contribution in [0.3, 0.4) is 0 Å². The van der Waals surface area contributed by atoms with Crippen molar-refractivity contribution in [3.05, 3.63) is 28.8 Å². The maximum atomic E-state index is 11.1. The number of benzene rings is 1. The Balaban J connectivity index is 2.83. The van der Waals surface area contributed by atoms with Gasteiger partial charge in [0.15, 0.2) is 5.11 Å². The van der Waals surface area contributed by atoms with Crippen LogP contribution >= 0.6 is 23.8 Å². The molecule has 5 nitrogen and oxygen atoms in total. The van der Waals surface area contributed by atoms with Gasteiger partial charge in [-0.15, -0.1) is 0 Å². The summed E-state index contributed by atoms with van der Waals surface area (Å²) in [5.74, 6) is -1.31. The molecule has 3 N–H and O–H groups in total. The van der Waals surface area contributed by atoms with E-state index in [1.54, 1.807) is 6.92 Å². The molecule has 0 aliphatic carbocycles. The number of aromatic carboxylic acids is 1. The van der Waals surface area contributed by atoms with Crippen molar-refractivity contribution in [1.82, 2.24) is 5.32 Å². The predicted octanol–water partition coefficient (Wildman–Crippen LogP) is 2.26. The average molecular weight is 287 g/mol. The molecule has 1 amide bonds. The number of anilines is 1. The minimum atomic E-state index is -1.07. The van der Waals surface area contributed by atoms with Crippen LogP contribution in [-0.2, 0) is 4.79 Å². The second-order valence-electron chi connectivity index (χ2n) is 3.36. The number of carbonyl (C=O) groups excluding carboxylic acids is 1. The summed E-state index contributed by atoms with van der Waals surface area (Å²) in [6, 6.07) is 4.16. The molecule has 0 bridgehead atoms. The summed E-state index contributed by atoms with van der Waals surface area (Å²) in [6.07, 6.45) is 0.296. The van der Waals surface area contributed by atoms with Crippen molar-refractivity contribution in [2.24, 2.45) is 0 Å². The van der Waals surface area contributed by atoms with E-state index >= 15 is 0 Å². The van der Waals surface area contributed by atoms with Crippen LogP contribution in [-0.4, -0.2) is 22.1 Å². The molecule has 0 fully saturated rings. The van der Waals surface area contributed by atoms with Crippen molar-refractivity contribution in [2.45, 2.75) is 13.3 Å². The molecule has 0 aliphatic heterocycles. The van der Waals surface area contributed by atoms with Crippen LogP contribution in [0.2, 0.25) is 5.02 Å². The van der Waals surface area contributed by atoms with E-state index in [4.69, 9.17) is 28.9 Å². The molecule has 0 aromatic heterocycles. The lowest BCUT2D eigenvalue weighted by molar-refractivity contribution is -0.119. The Morgan fingerprint density at radius 3 is 2.67 bits per heavy atom. The van der Waals surface area contributed by atoms with Gasteiger partial charge in [-0.3, -0.25) is 4.79 Å². The molecule has 0 saturated carbocycles. The largest absolute Gasteiger partial charge is 0.478 e. The molecule has 7 heteroatoms. The Labute approximate surface area is 114 Å². The first-order chi connectivity index (χ1) is 8.43. The van der Waals surface area contributed by atoms with Gasteiger partial charge in [-0.25, -0.2) is 4.79 Å². The molecule has 1 aromatic rings. The van der Waals surface area contributed by atoms with Gasteiger partial charge in [-0.05, 0) is 30.4 Å². The zero-order chi connectivity index (χ0) is 13.7. The van der Waals surface area contributed by atoms with Crippen LogP contribution in [0, 0.1) is 0 Å². The molecular weight excluding hydrogens is 276 g/mol. The van der Waals surface area contributed by atoms with E-state index in [9.17, 15) is 9.59 Å². The minimum Gasteiger partial charge on any atom is -0.478 e. The van der Waals surface area contributed by atoms with Crippen molar-refractivity contribution in [3.63, 3.8) is 0 Å². The predicted molar refractivity (Wildman–Crippen MR) is 73.1 cm³/mol. The molecule has 0 aliphatic rings. The fraction of sp³-hybridized carbons (Fsp3) is 0.182. The SMILES string of the molecule is CCC(=O)NC(=S)Nc1cc(C(=O)O)ccc1Cl. The fourth-order valence-electron chi connectivity index (χ4n) is 1.12. The van der Waals surface area contributed by atoms with E-state index < -0.39 is 5.97 Å². The molecule has 0 radical (unpaired) electrons. The highest BCUT2D eigenvalue weighted by Crippen LogP contribution is 2.23. The first kappa shape index (κ1) is 14.4. The standard InChI is InChI=1S/C11H11ClN2O3S/c1-2-9(15)14-11(18)13-8-5-6(10(16)17)3-4-7(8)12/h3-5H,2H2,1H3,(H,16,17)(H2,13,14,15,18). The average Bonchev–Trinajstić information content (AvgIpc) is 2.31.